The van der Waals surface area contributed by atoms with Gasteiger partial charge >= 0.3 is 24.6 Å². The monoisotopic (exact) mass is 708 g/mol. The van der Waals surface area contributed by atoms with Crippen LogP contribution in [0.15, 0.2) is 111 Å². The van der Waals surface area contributed by atoms with Crippen molar-refractivity contribution >= 4 is 24.6 Å². The second-order valence-corrected chi connectivity index (χ2v) is 9.70. The molecular weight excluding hydrogens is 668 g/mol. The van der Waals surface area contributed by atoms with E-state index in [1.165, 1.54) is 62.8 Å². The highest BCUT2D eigenvalue weighted by Crippen LogP contribution is 2.31. The molecule has 14 heteroatoms. The van der Waals surface area contributed by atoms with Gasteiger partial charge in [0.05, 0.1) is 14.2 Å². The van der Waals surface area contributed by atoms with Gasteiger partial charge in [0, 0.05) is 12.5 Å². The zero-order chi connectivity index (χ0) is 37.4. The van der Waals surface area contributed by atoms with Crippen LogP contribution in [-0.4, -0.2) is 65.3 Å². The summed E-state index contributed by atoms with van der Waals surface area (Å²) in [6, 6.07) is 9.58. The standard InChI is InChI=1S/C37H40O14/c1-7-19-44-34(38)48-28(15-11-26-13-17-30(32(23-26)42-5)50-36(40)46-21-9-3)25-29(49-35(39)45-20-8-2)16-12-27-14-18-31(33(24-27)43-6)51-37(41)47-22-10-4/h7-10,13-15,17-18,23-25H,1-4,11-12,16,19-22H2,5-6H3/b28-15-,29-25-. The van der Waals surface area contributed by atoms with Crippen LogP contribution in [0.4, 0.5) is 19.2 Å². The van der Waals surface area contributed by atoms with Crippen molar-refractivity contribution in [1.82, 2.24) is 0 Å². The molecule has 0 fully saturated rings. The number of hydrogen-bond acceptors (Lipinski definition) is 14. The Balaban J connectivity index is 2.40. The molecular formula is C37H40O14. The van der Waals surface area contributed by atoms with Crippen molar-refractivity contribution in [2.75, 3.05) is 40.6 Å². The molecule has 0 aliphatic carbocycles. The fraction of sp³-hybridized carbons (Fsp3) is 0.243. The van der Waals surface area contributed by atoms with Crippen molar-refractivity contribution in [1.29, 1.82) is 0 Å². The zero-order valence-corrected chi connectivity index (χ0v) is 28.4. The van der Waals surface area contributed by atoms with Crippen molar-refractivity contribution in [2.24, 2.45) is 0 Å². The summed E-state index contributed by atoms with van der Waals surface area (Å²) < 4.78 is 51.6. The summed E-state index contributed by atoms with van der Waals surface area (Å²) in [5, 5.41) is 0. The Bertz CT molecular complexity index is 1600. The van der Waals surface area contributed by atoms with E-state index in [4.69, 9.17) is 47.4 Å². The molecule has 0 spiro atoms. The molecule has 0 saturated heterocycles. The van der Waals surface area contributed by atoms with E-state index in [1.807, 2.05) is 0 Å². The molecule has 2 aromatic rings. The van der Waals surface area contributed by atoms with Crippen molar-refractivity contribution in [2.45, 2.75) is 19.3 Å². The number of aryl methyl sites for hydroxylation is 1. The van der Waals surface area contributed by atoms with Gasteiger partial charge in [-0.1, -0.05) is 62.8 Å². The van der Waals surface area contributed by atoms with E-state index in [-0.39, 0.29) is 80.2 Å². The third-order valence-corrected chi connectivity index (χ3v) is 6.04. The minimum absolute atomic E-state index is 0.0279. The minimum atomic E-state index is -1.04. The van der Waals surface area contributed by atoms with Gasteiger partial charge in [0.15, 0.2) is 23.0 Å². The Morgan fingerprint density at radius 3 is 1.53 bits per heavy atom. The average molecular weight is 709 g/mol. The third-order valence-electron chi connectivity index (χ3n) is 6.04. The molecule has 2 aromatic carbocycles. The SMILES string of the molecule is C=CCOC(=O)OC(=C\Cc1ccc(OC(=O)OCC=C)c(OC)c1)/C=C(/CCc1ccc(OC(=O)OCC=C)c(OC)c1)OC(=O)OCC=C. The van der Waals surface area contributed by atoms with E-state index in [2.05, 4.69) is 26.3 Å². The van der Waals surface area contributed by atoms with Crippen molar-refractivity contribution in [3.63, 3.8) is 0 Å². The first kappa shape index (κ1) is 40.7. The molecule has 2 rings (SSSR count). The van der Waals surface area contributed by atoms with Crippen molar-refractivity contribution in [3.8, 4) is 23.0 Å². The topological polar surface area (TPSA) is 161 Å². The summed E-state index contributed by atoms with van der Waals surface area (Å²) in [4.78, 5) is 48.7. The zero-order valence-electron chi connectivity index (χ0n) is 28.4. The summed E-state index contributed by atoms with van der Waals surface area (Å²) in [7, 11) is 2.80. The first-order valence-corrected chi connectivity index (χ1v) is 15.2. The fourth-order valence-corrected chi connectivity index (χ4v) is 3.81. The lowest BCUT2D eigenvalue weighted by Gasteiger charge is -2.13. The summed E-state index contributed by atoms with van der Waals surface area (Å²) >= 11 is 0. The predicted octanol–water partition coefficient (Wildman–Crippen LogP) is 7.73. The van der Waals surface area contributed by atoms with Gasteiger partial charge in [0.1, 0.15) is 37.9 Å². The Morgan fingerprint density at radius 1 is 0.588 bits per heavy atom. The molecule has 0 saturated carbocycles. The highest BCUT2D eigenvalue weighted by molar-refractivity contribution is 5.66. The Kier molecular flexibility index (Phi) is 18.4. The van der Waals surface area contributed by atoms with E-state index < -0.39 is 24.6 Å². The van der Waals surface area contributed by atoms with Gasteiger partial charge < -0.3 is 47.4 Å². The predicted molar refractivity (Wildman–Crippen MR) is 184 cm³/mol. The quantitative estimate of drug-likeness (QED) is 0.0328. The number of methoxy groups -OCH3 is 2. The summed E-state index contributed by atoms with van der Waals surface area (Å²) in [6.07, 6.45) is 4.98. The number of ether oxygens (including phenoxy) is 10. The van der Waals surface area contributed by atoms with E-state index >= 15 is 0 Å². The van der Waals surface area contributed by atoms with Crippen LogP contribution in [0.1, 0.15) is 17.5 Å². The van der Waals surface area contributed by atoms with E-state index in [0.717, 1.165) is 0 Å². The second kappa shape index (κ2) is 23.0. The van der Waals surface area contributed by atoms with Crippen LogP contribution in [0.5, 0.6) is 23.0 Å². The lowest BCUT2D eigenvalue weighted by atomic mass is 10.1. The number of rotatable bonds is 20. The summed E-state index contributed by atoms with van der Waals surface area (Å²) in [6.45, 7) is 13.7. The van der Waals surface area contributed by atoms with Gasteiger partial charge in [-0.15, -0.1) is 0 Å². The number of benzene rings is 2. The molecule has 0 N–H and O–H groups in total. The lowest BCUT2D eigenvalue weighted by molar-refractivity contribution is 0.0820. The Labute approximate surface area is 295 Å². The smallest absolute Gasteiger partial charge is 0.493 e. The molecule has 272 valence electrons. The molecule has 0 aliphatic heterocycles. The average Bonchev–Trinajstić information content (AvgIpc) is 3.13. The molecule has 0 amide bonds. The van der Waals surface area contributed by atoms with Crippen LogP contribution in [-0.2, 0) is 41.3 Å². The molecule has 51 heavy (non-hydrogen) atoms. The van der Waals surface area contributed by atoms with Gasteiger partial charge in [0.25, 0.3) is 0 Å². The van der Waals surface area contributed by atoms with E-state index in [9.17, 15) is 19.2 Å². The highest BCUT2D eigenvalue weighted by Gasteiger charge is 2.16. The maximum absolute atomic E-state index is 12.5. The number of carbonyl (C=O) groups excluding carboxylic acids is 4. The molecule has 0 atom stereocenters. The molecule has 0 radical (unpaired) electrons. The van der Waals surface area contributed by atoms with Crippen LogP contribution in [0, 0.1) is 0 Å². The van der Waals surface area contributed by atoms with E-state index in [1.54, 1.807) is 24.3 Å². The number of allylic oxidation sites excluding steroid dienone is 3. The molecule has 0 heterocycles. The molecule has 0 aliphatic rings. The summed E-state index contributed by atoms with van der Waals surface area (Å²) in [5.74, 6) is 0.724. The maximum Gasteiger partial charge on any atom is 0.514 e. The van der Waals surface area contributed by atoms with E-state index in [0.29, 0.717) is 11.1 Å². The van der Waals surface area contributed by atoms with Crippen LogP contribution in [0.2, 0.25) is 0 Å². The Hall–Kier alpha value is -6.44. The van der Waals surface area contributed by atoms with Crippen LogP contribution in [0.3, 0.4) is 0 Å². The molecule has 14 nitrogen and oxygen atoms in total. The van der Waals surface area contributed by atoms with Crippen LogP contribution >= 0.6 is 0 Å². The first-order chi connectivity index (χ1) is 24.6. The van der Waals surface area contributed by atoms with Crippen molar-refractivity contribution < 1.29 is 66.5 Å². The minimum Gasteiger partial charge on any atom is -0.493 e. The maximum atomic E-state index is 12.5. The first-order valence-electron chi connectivity index (χ1n) is 15.2. The van der Waals surface area contributed by atoms with Gasteiger partial charge in [-0.05, 0) is 54.3 Å². The second-order valence-electron chi connectivity index (χ2n) is 9.70. The number of hydrogen-bond donors (Lipinski definition) is 0. The highest BCUT2D eigenvalue weighted by atomic mass is 16.7. The molecule has 0 aromatic heterocycles. The Morgan fingerprint density at radius 2 is 1.04 bits per heavy atom. The fourth-order valence-electron chi connectivity index (χ4n) is 3.81. The lowest BCUT2D eigenvalue weighted by Crippen LogP contribution is -2.11. The largest absolute Gasteiger partial charge is 0.514 e. The van der Waals surface area contributed by atoms with Gasteiger partial charge in [0.2, 0.25) is 0 Å². The third kappa shape index (κ3) is 15.5. The molecule has 0 bridgehead atoms. The number of carbonyl (C=O) groups is 4. The summed E-state index contributed by atoms with van der Waals surface area (Å²) in [5.41, 5.74) is 1.36. The van der Waals surface area contributed by atoms with Crippen molar-refractivity contribution in [3.05, 3.63) is 122 Å². The van der Waals surface area contributed by atoms with Crippen LogP contribution < -0.4 is 18.9 Å². The van der Waals surface area contributed by atoms with Crippen LogP contribution in [0.25, 0.3) is 0 Å². The molecule has 0 unspecified atom stereocenters. The van der Waals surface area contributed by atoms with Gasteiger partial charge in [-0.25, -0.2) is 19.2 Å². The normalized spacial score (nSPS) is 10.8. The van der Waals surface area contributed by atoms with Gasteiger partial charge in [-0.2, -0.15) is 0 Å². The van der Waals surface area contributed by atoms with Gasteiger partial charge in [-0.3, -0.25) is 0 Å².